The molecule has 3 nitrogen and oxygen atoms in total. The topological polar surface area (TPSA) is 43.8 Å². The number of fused-ring (bicyclic) bond motifs is 1. The second-order valence-corrected chi connectivity index (χ2v) is 5.15. The van der Waals surface area contributed by atoms with Crippen molar-refractivity contribution in [2.75, 3.05) is 6.54 Å². The normalized spacial score (nSPS) is 15.3. The van der Waals surface area contributed by atoms with Crippen LogP contribution in [0.4, 0.5) is 8.78 Å². The van der Waals surface area contributed by atoms with Gasteiger partial charge in [0.2, 0.25) is 0 Å². The second kappa shape index (κ2) is 4.89. The molecule has 5 heteroatoms. The molecule has 0 bridgehead atoms. The van der Waals surface area contributed by atoms with Crippen LogP contribution in [0.1, 0.15) is 37.4 Å². The summed E-state index contributed by atoms with van der Waals surface area (Å²) in [4.78, 5) is 4.48. The first-order chi connectivity index (χ1) is 9.20. The molecule has 0 unspecified atom stereocenters. The number of hydrogen-bond donors (Lipinski definition) is 1. The number of nitrogens with two attached hydrogens (primary N) is 1. The molecule has 1 aromatic carbocycles. The summed E-state index contributed by atoms with van der Waals surface area (Å²) in [6.45, 7) is 1.42. The number of aromatic nitrogens is 2. The number of nitrogens with zero attached hydrogens (tertiary/aromatic N) is 2. The van der Waals surface area contributed by atoms with Gasteiger partial charge in [0.25, 0.3) is 0 Å². The minimum absolute atomic E-state index is 0.455. The van der Waals surface area contributed by atoms with E-state index in [2.05, 4.69) is 4.98 Å². The van der Waals surface area contributed by atoms with E-state index in [0.717, 1.165) is 38.1 Å². The smallest absolute Gasteiger partial charge is 0.161 e. The van der Waals surface area contributed by atoms with Crippen LogP contribution in [-0.4, -0.2) is 16.1 Å². The molecule has 0 saturated heterocycles. The fraction of sp³-hybridized carbons (Fsp3) is 0.500. The van der Waals surface area contributed by atoms with Crippen molar-refractivity contribution >= 4 is 11.0 Å². The van der Waals surface area contributed by atoms with E-state index in [1.165, 1.54) is 12.1 Å². The summed E-state index contributed by atoms with van der Waals surface area (Å²) in [7, 11) is 0. The minimum atomic E-state index is -0.832. The average molecular weight is 265 g/mol. The van der Waals surface area contributed by atoms with Gasteiger partial charge in [0, 0.05) is 24.6 Å². The van der Waals surface area contributed by atoms with E-state index in [-0.39, 0.29) is 0 Å². The van der Waals surface area contributed by atoms with Crippen LogP contribution in [0, 0.1) is 11.6 Å². The van der Waals surface area contributed by atoms with Crippen molar-refractivity contribution in [2.24, 2.45) is 5.73 Å². The van der Waals surface area contributed by atoms with E-state index in [4.69, 9.17) is 5.73 Å². The molecule has 1 aliphatic rings. The Hall–Kier alpha value is -1.49. The molecule has 3 rings (SSSR count). The van der Waals surface area contributed by atoms with Crippen molar-refractivity contribution in [1.29, 1.82) is 0 Å². The molecule has 0 spiro atoms. The van der Waals surface area contributed by atoms with E-state index in [0.29, 0.717) is 23.5 Å². The van der Waals surface area contributed by atoms with Gasteiger partial charge in [0.15, 0.2) is 11.6 Å². The van der Waals surface area contributed by atoms with Crippen molar-refractivity contribution in [2.45, 2.75) is 38.1 Å². The number of aryl methyl sites for hydroxylation is 1. The van der Waals surface area contributed by atoms with Crippen molar-refractivity contribution < 1.29 is 8.78 Å². The molecule has 1 saturated carbocycles. The summed E-state index contributed by atoms with van der Waals surface area (Å²) >= 11 is 0. The Morgan fingerprint density at radius 1 is 1.21 bits per heavy atom. The standard InChI is InChI=1S/C14H17F2N3/c15-10-7-12-13(8-11(10)16)19(6-2-1-5-17)14(18-12)9-3-4-9/h7-9H,1-6,17H2. The average Bonchev–Trinajstić information content (AvgIpc) is 3.17. The lowest BCUT2D eigenvalue weighted by Gasteiger charge is -2.08. The predicted molar refractivity (Wildman–Crippen MR) is 69.9 cm³/mol. The Morgan fingerprint density at radius 2 is 1.95 bits per heavy atom. The molecule has 102 valence electrons. The minimum Gasteiger partial charge on any atom is -0.330 e. The third-order valence-corrected chi connectivity index (χ3v) is 3.60. The van der Waals surface area contributed by atoms with Gasteiger partial charge in [-0.25, -0.2) is 13.8 Å². The van der Waals surface area contributed by atoms with Gasteiger partial charge < -0.3 is 10.3 Å². The molecule has 1 heterocycles. The van der Waals surface area contributed by atoms with E-state index in [1.54, 1.807) is 0 Å². The molecule has 0 atom stereocenters. The fourth-order valence-electron chi connectivity index (χ4n) is 2.44. The monoisotopic (exact) mass is 265 g/mol. The van der Waals surface area contributed by atoms with Gasteiger partial charge in [-0.05, 0) is 32.2 Å². The Bertz CT molecular complexity index is 602. The van der Waals surface area contributed by atoms with E-state index < -0.39 is 11.6 Å². The lowest BCUT2D eigenvalue weighted by atomic mass is 10.2. The lowest BCUT2D eigenvalue weighted by molar-refractivity contribution is 0.510. The largest absolute Gasteiger partial charge is 0.330 e. The second-order valence-electron chi connectivity index (χ2n) is 5.15. The Balaban J connectivity index is 2.03. The summed E-state index contributed by atoms with van der Waals surface area (Å²) in [6.07, 6.45) is 4.09. The maximum atomic E-state index is 13.4. The van der Waals surface area contributed by atoms with E-state index >= 15 is 0 Å². The summed E-state index contributed by atoms with van der Waals surface area (Å²) < 4.78 is 28.7. The third-order valence-electron chi connectivity index (χ3n) is 3.60. The fourth-order valence-corrected chi connectivity index (χ4v) is 2.44. The quantitative estimate of drug-likeness (QED) is 0.845. The van der Waals surface area contributed by atoms with Crippen LogP contribution in [0.5, 0.6) is 0 Å². The number of halogens is 2. The first-order valence-electron chi connectivity index (χ1n) is 6.76. The van der Waals surface area contributed by atoms with Crippen LogP contribution < -0.4 is 5.73 Å². The lowest BCUT2D eigenvalue weighted by Crippen LogP contribution is -2.06. The van der Waals surface area contributed by atoms with Crippen molar-refractivity contribution in [3.05, 3.63) is 29.6 Å². The molecule has 19 heavy (non-hydrogen) atoms. The maximum absolute atomic E-state index is 13.4. The summed E-state index contributed by atoms with van der Waals surface area (Å²) in [5.74, 6) is -0.218. The molecule has 0 amide bonds. The van der Waals surface area contributed by atoms with Crippen LogP contribution in [0.3, 0.4) is 0 Å². The van der Waals surface area contributed by atoms with Crippen LogP contribution in [0.25, 0.3) is 11.0 Å². The van der Waals surface area contributed by atoms with Gasteiger partial charge in [-0.3, -0.25) is 0 Å². The molecule has 0 radical (unpaired) electrons. The van der Waals surface area contributed by atoms with Gasteiger partial charge in [-0.1, -0.05) is 0 Å². The van der Waals surface area contributed by atoms with Crippen molar-refractivity contribution in [1.82, 2.24) is 9.55 Å². The van der Waals surface area contributed by atoms with Gasteiger partial charge >= 0.3 is 0 Å². The molecule has 1 aliphatic carbocycles. The van der Waals surface area contributed by atoms with E-state index in [1.807, 2.05) is 4.57 Å². The van der Waals surface area contributed by atoms with Crippen molar-refractivity contribution in [3.63, 3.8) is 0 Å². The zero-order valence-corrected chi connectivity index (χ0v) is 10.7. The third kappa shape index (κ3) is 2.34. The highest BCUT2D eigenvalue weighted by atomic mass is 19.2. The van der Waals surface area contributed by atoms with Gasteiger partial charge in [0.05, 0.1) is 11.0 Å². The Kier molecular flexibility index (Phi) is 3.22. The highest BCUT2D eigenvalue weighted by molar-refractivity contribution is 5.76. The first kappa shape index (κ1) is 12.5. The maximum Gasteiger partial charge on any atom is 0.161 e. The molecule has 0 aliphatic heterocycles. The van der Waals surface area contributed by atoms with E-state index in [9.17, 15) is 8.78 Å². The molecular formula is C14H17F2N3. The number of unbranched alkanes of at least 4 members (excludes halogenated alkanes) is 1. The predicted octanol–water partition coefficient (Wildman–Crippen LogP) is 2.93. The zero-order valence-electron chi connectivity index (χ0n) is 10.7. The Morgan fingerprint density at radius 3 is 2.63 bits per heavy atom. The van der Waals surface area contributed by atoms with Gasteiger partial charge in [0.1, 0.15) is 5.82 Å². The number of benzene rings is 1. The molecule has 2 N–H and O–H groups in total. The highest BCUT2D eigenvalue weighted by Gasteiger charge is 2.29. The van der Waals surface area contributed by atoms with Crippen LogP contribution in [-0.2, 0) is 6.54 Å². The Labute approximate surface area is 110 Å². The first-order valence-corrected chi connectivity index (χ1v) is 6.76. The summed E-state index contributed by atoms with van der Waals surface area (Å²) in [6, 6.07) is 2.45. The van der Waals surface area contributed by atoms with Crippen LogP contribution >= 0.6 is 0 Å². The highest BCUT2D eigenvalue weighted by Crippen LogP contribution is 2.41. The number of imidazole rings is 1. The molecule has 2 aromatic rings. The van der Waals surface area contributed by atoms with Crippen LogP contribution in [0.15, 0.2) is 12.1 Å². The van der Waals surface area contributed by atoms with Gasteiger partial charge in [-0.2, -0.15) is 0 Å². The zero-order chi connectivity index (χ0) is 13.4. The SMILES string of the molecule is NCCCCn1c(C2CC2)nc2cc(F)c(F)cc21. The molecular weight excluding hydrogens is 248 g/mol. The van der Waals surface area contributed by atoms with Gasteiger partial charge in [-0.15, -0.1) is 0 Å². The summed E-state index contributed by atoms with van der Waals surface area (Å²) in [5.41, 5.74) is 6.74. The number of rotatable bonds is 5. The molecule has 1 aromatic heterocycles. The number of hydrogen-bond acceptors (Lipinski definition) is 2. The van der Waals surface area contributed by atoms with Crippen LogP contribution in [0.2, 0.25) is 0 Å². The van der Waals surface area contributed by atoms with Crippen molar-refractivity contribution in [3.8, 4) is 0 Å². The molecule has 1 fully saturated rings. The summed E-state index contributed by atoms with van der Waals surface area (Å²) in [5, 5.41) is 0.